The van der Waals surface area contributed by atoms with E-state index in [0.717, 1.165) is 5.56 Å². The summed E-state index contributed by atoms with van der Waals surface area (Å²) >= 11 is 6.04. The third-order valence-corrected chi connectivity index (χ3v) is 2.76. The van der Waals surface area contributed by atoms with Crippen LogP contribution in [0.5, 0.6) is 11.5 Å². The van der Waals surface area contributed by atoms with Crippen molar-refractivity contribution < 1.29 is 19.0 Å². The van der Waals surface area contributed by atoms with E-state index >= 15 is 0 Å². The van der Waals surface area contributed by atoms with Gasteiger partial charge in [0.25, 0.3) is 0 Å². The number of hydrogen-bond acceptors (Lipinski definition) is 4. The summed E-state index contributed by atoms with van der Waals surface area (Å²) in [5.74, 6) is 0.946. The predicted molar refractivity (Wildman–Crippen MR) is 71.5 cm³/mol. The lowest BCUT2D eigenvalue weighted by Gasteiger charge is -2.02. The van der Waals surface area contributed by atoms with E-state index < -0.39 is 0 Å². The number of carbonyl (C=O) groups is 1. The number of carbonyl (C=O) groups excluding carboxylic acids is 1. The van der Waals surface area contributed by atoms with Crippen molar-refractivity contribution in [1.29, 1.82) is 0 Å². The minimum Gasteiger partial charge on any atom is -0.454 e. The second-order valence-electron chi connectivity index (χ2n) is 3.85. The lowest BCUT2D eigenvalue weighted by Crippen LogP contribution is -2.24. The maximum atomic E-state index is 11.5. The molecule has 0 fully saturated rings. The molecule has 0 bridgehead atoms. The van der Waals surface area contributed by atoms with Crippen LogP contribution in [0, 0.1) is 0 Å². The molecule has 19 heavy (non-hydrogen) atoms. The Balaban J connectivity index is 1.99. The van der Waals surface area contributed by atoms with Gasteiger partial charge < -0.3 is 19.5 Å². The SMILES string of the molecule is COCCNC(=O)/C=C/c1cc(Cl)c2c(c1)OCO2. The summed E-state index contributed by atoms with van der Waals surface area (Å²) in [4.78, 5) is 11.5. The van der Waals surface area contributed by atoms with E-state index in [1.165, 1.54) is 6.08 Å². The molecule has 0 saturated heterocycles. The molecular formula is C13H14ClNO4. The molecule has 1 amide bonds. The molecule has 0 radical (unpaired) electrons. The van der Waals surface area contributed by atoms with Gasteiger partial charge >= 0.3 is 0 Å². The number of hydrogen-bond donors (Lipinski definition) is 1. The van der Waals surface area contributed by atoms with Gasteiger partial charge in [-0.15, -0.1) is 0 Å². The summed E-state index contributed by atoms with van der Waals surface area (Å²) in [6, 6.07) is 3.49. The van der Waals surface area contributed by atoms with Gasteiger partial charge in [0.05, 0.1) is 11.6 Å². The average molecular weight is 284 g/mol. The van der Waals surface area contributed by atoms with E-state index in [9.17, 15) is 4.79 Å². The highest BCUT2D eigenvalue weighted by atomic mass is 35.5. The molecule has 0 saturated carbocycles. The van der Waals surface area contributed by atoms with Gasteiger partial charge in [0.1, 0.15) is 0 Å². The minimum atomic E-state index is -0.189. The highest BCUT2D eigenvalue weighted by molar-refractivity contribution is 6.32. The summed E-state index contributed by atoms with van der Waals surface area (Å²) in [6.07, 6.45) is 3.10. The Morgan fingerprint density at radius 1 is 1.53 bits per heavy atom. The summed E-state index contributed by atoms with van der Waals surface area (Å²) in [7, 11) is 1.58. The van der Waals surface area contributed by atoms with E-state index in [1.807, 2.05) is 0 Å². The molecule has 1 aromatic carbocycles. The van der Waals surface area contributed by atoms with E-state index in [0.29, 0.717) is 29.7 Å². The molecule has 2 rings (SSSR count). The smallest absolute Gasteiger partial charge is 0.244 e. The quantitative estimate of drug-likeness (QED) is 0.662. The summed E-state index contributed by atoms with van der Waals surface area (Å²) in [6.45, 7) is 1.12. The van der Waals surface area contributed by atoms with Crippen LogP contribution in [0.3, 0.4) is 0 Å². The molecule has 6 heteroatoms. The van der Waals surface area contributed by atoms with Crippen molar-refractivity contribution in [2.75, 3.05) is 27.1 Å². The first-order valence-electron chi connectivity index (χ1n) is 5.74. The maximum Gasteiger partial charge on any atom is 0.244 e. The zero-order valence-corrected chi connectivity index (χ0v) is 11.2. The number of benzene rings is 1. The van der Waals surface area contributed by atoms with Crippen molar-refractivity contribution in [3.8, 4) is 11.5 Å². The molecule has 1 N–H and O–H groups in total. The molecule has 102 valence electrons. The topological polar surface area (TPSA) is 56.8 Å². The van der Waals surface area contributed by atoms with E-state index in [2.05, 4.69) is 5.32 Å². The van der Waals surface area contributed by atoms with Crippen molar-refractivity contribution >= 4 is 23.6 Å². The Morgan fingerprint density at radius 3 is 3.16 bits per heavy atom. The highest BCUT2D eigenvalue weighted by Gasteiger charge is 2.17. The fraction of sp³-hybridized carbons (Fsp3) is 0.308. The number of nitrogens with one attached hydrogen (secondary N) is 1. The monoisotopic (exact) mass is 283 g/mol. The number of amides is 1. The molecule has 0 aromatic heterocycles. The molecule has 1 heterocycles. The van der Waals surface area contributed by atoms with E-state index in [-0.39, 0.29) is 12.7 Å². The van der Waals surface area contributed by atoms with Gasteiger partial charge in [-0.2, -0.15) is 0 Å². The van der Waals surface area contributed by atoms with Gasteiger partial charge in [0.2, 0.25) is 12.7 Å². The van der Waals surface area contributed by atoms with Crippen LogP contribution in [0.4, 0.5) is 0 Å². The summed E-state index contributed by atoms with van der Waals surface area (Å²) < 4.78 is 15.3. The molecule has 1 aliphatic heterocycles. The van der Waals surface area contributed by atoms with Crippen LogP contribution in [0.2, 0.25) is 5.02 Å². The van der Waals surface area contributed by atoms with Crippen LogP contribution >= 0.6 is 11.6 Å². The van der Waals surface area contributed by atoms with Crippen molar-refractivity contribution in [3.05, 3.63) is 28.8 Å². The normalized spacial score (nSPS) is 12.9. The zero-order valence-electron chi connectivity index (χ0n) is 10.4. The van der Waals surface area contributed by atoms with Crippen LogP contribution in [0.25, 0.3) is 6.08 Å². The second kappa shape index (κ2) is 6.45. The molecule has 1 aromatic rings. The Kier molecular flexibility index (Phi) is 4.65. The van der Waals surface area contributed by atoms with Gasteiger partial charge in [-0.05, 0) is 23.8 Å². The lowest BCUT2D eigenvalue weighted by molar-refractivity contribution is -0.116. The number of rotatable bonds is 5. The van der Waals surface area contributed by atoms with Crippen LogP contribution in [0.15, 0.2) is 18.2 Å². The highest BCUT2D eigenvalue weighted by Crippen LogP contribution is 2.39. The zero-order chi connectivity index (χ0) is 13.7. The number of ether oxygens (including phenoxy) is 3. The van der Waals surface area contributed by atoms with Crippen LogP contribution in [-0.4, -0.2) is 33.0 Å². The largest absolute Gasteiger partial charge is 0.454 e. The van der Waals surface area contributed by atoms with Crippen LogP contribution in [0.1, 0.15) is 5.56 Å². The third-order valence-electron chi connectivity index (χ3n) is 2.48. The first-order chi connectivity index (χ1) is 9.20. The fourth-order valence-corrected chi connectivity index (χ4v) is 1.86. The lowest BCUT2D eigenvalue weighted by atomic mass is 10.2. The van der Waals surface area contributed by atoms with Crippen molar-refractivity contribution in [2.24, 2.45) is 0 Å². The first kappa shape index (κ1) is 13.7. The average Bonchev–Trinajstić information content (AvgIpc) is 2.85. The maximum absolute atomic E-state index is 11.5. The van der Waals surface area contributed by atoms with Gasteiger partial charge in [-0.3, -0.25) is 4.79 Å². The van der Waals surface area contributed by atoms with Crippen LogP contribution < -0.4 is 14.8 Å². The minimum absolute atomic E-state index is 0.166. The molecular weight excluding hydrogens is 270 g/mol. The van der Waals surface area contributed by atoms with Gasteiger partial charge in [0.15, 0.2) is 11.5 Å². The first-order valence-corrected chi connectivity index (χ1v) is 6.12. The predicted octanol–water partition coefficient (Wildman–Crippen LogP) is 1.84. The van der Waals surface area contributed by atoms with E-state index in [4.69, 9.17) is 25.8 Å². The second-order valence-corrected chi connectivity index (χ2v) is 4.26. The van der Waals surface area contributed by atoms with E-state index in [1.54, 1.807) is 25.3 Å². The number of fused-ring (bicyclic) bond motifs is 1. The van der Waals surface area contributed by atoms with Gasteiger partial charge in [0, 0.05) is 19.7 Å². The standard InChI is InChI=1S/C13H14ClNO4/c1-17-5-4-15-12(16)3-2-9-6-10(14)13-11(7-9)18-8-19-13/h2-3,6-7H,4-5,8H2,1H3,(H,15,16)/b3-2+. The van der Waals surface area contributed by atoms with Crippen LogP contribution in [-0.2, 0) is 9.53 Å². The van der Waals surface area contributed by atoms with Crippen molar-refractivity contribution in [1.82, 2.24) is 5.32 Å². The molecule has 0 spiro atoms. The number of methoxy groups -OCH3 is 1. The Bertz CT molecular complexity index is 502. The molecule has 0 unspecified atom stereocenters. The fourth-order valence-electron chi connectivity index (χ4n) is 1.59. The molecule has 1 aliphatic rings. The van der Waals surface area contributed by atoms with Gasteiger partial charge in [-0.1, -0.05) is 11.6 Å². The van der Waals surface area contributed by atoms with Crippen molar-refractivity contribution in [2.45, 2.75) is 0 Å². The van der Waals surface area contributed by atoms with Crippen molar-refractivity contribution in [3.63, 3.8) is 0 Å². The van der Waals surface area contributed by atoms with Gasteiger partial charge in [-0.25, -0.2) is 0 Å². The molecule has 0 aliphatic carbocycles. The molecule has 5 nitrogen and oxygen atoms in total. The Hall–Kier alpha value is -1.72. The third kappa shape index (κ3) is 3.62. The summed E-state index contributed by atoms with van der Waals surface area (Å²) in [5.41, 5.74) is 0.774. The molecule has 0 atom stereocenters. The Morgan fingerprint density at radius 2 is 2.37 bits per heavy atom. The Labute approximate surface area is 116 Å². The summed E-state index contributed by atoms with van der Waals surface area (Å²) in [5, 5.41) is 3.15. The number of halogens is 1.